The average Bonchev–Trinajstić information content (AvgIpc) is 3.06. The van der Waals surface area contributed by atoms with Gasteiger partial charge in [-0.05, 0) is 38.9 Å². The van der Waals surface area contributed by atoms with Gasteiger partial charge >= 0.3 is 0 Å². The molecule has 4 rings (SSSR count). The molecule has 1 aliphatic rings. The molecule has 0 spiro atoms. The minimum atomic E-state index is 0.494. The molecule has 7 heteroatoms. The molecule has 26 heavy (non-hydrogen) atoms. The Bertz CT molecular complexity index is 900. The van der Waals surface area contributed by atoms with E-state index >= 15 is 0 Å². The van der Waals surface area contributed by atoms with Crippen LogP contribution < -0.4 is 11.1 Å². The smallest absolute Gasteiger partial charge is 0.185 e. The van der Waals surface area contributed by atoms with Crippen LogP contribution in [0.15, 0.2) is 24.3 Å². The summed E-state index contributed by atoms with van der Waals surface area (Å²) in [6.07, 6.45) is 3.99. The van der Waals surface area contributed by atoms with Crippen molar-refractivity contribution in [2.24, 2.45) is 0 Å². The highest BCUT2D eigenvalue weighted by atomic mass is 32.1. The lowest BCUT2D eigenvalue weighted by Crippen LogP contribution is -2.33. The predicted molar refractivity (Wildman–Crippen MR) is 109 cm³/mol. The van der Waals surface area contributed by atoms with Crippen molar-refractivity contribution in [2.45, 2.75) is 26.2 Å². The maximum atomic E-state index is 6.17. The topological polar surface area (TPSA) is 80.0 Å². The first-order valence-corrected chi connectivity index (χ1v) is 9.98. The van der Waals surface area contributed by atoms with Crippen LogP contribution in [-0.4, -0.2) is 46.0 Å². The van der Waals surface area contributed by atoms with Crippen LogP contribution in [-0.2, 0) is 0 Å². The summed E-state index contributed by atoms with van der Waals surface area (Å²) in [6, 6.07) is 8.12. The summed E-state index contributed by atoms with van der Waals surface area (Å²) >= 11 is 1.53. The Morgan fingerprint density at radius 1 is 1.15 bits per heavy atom. The molecule has 3 heterocycles. The molecule has 3 aromatic rings. The fourth-order valence-corrected chi connectivity index (χ4v) is 4.17. The number of nitrogen functional groups attached to an aromatic ring is 1. The molecule has 0 atom stereocenters. The normalized spacial score (nSPS) is 15.4. The lowest BCUT2D eigenvalue weighted by molar-refractivity contribution is 0.237. The van der Waals surface area contributed by atoms with Crippen LogP contribution in [0.5, 0.6) is 0 Å². The molecule has 0 radical (unpaired) electrons. The van der Waals surface area contributed by atoms with Crippen molar-refractivity contribution < 1.29 is 0 Å². The molecule has 2 aromatic heterocycles. The maximum Gasteiger partial charge on any atom is 0.185 e. The van der Waals surface area contributed by atoms with Gasteiger partial charge in [-0.15, -0.1) is 0 Å². The van der Waals surface area contributed by atoms with E-state index in [0.717, 1.165) is 28.5 Å². The van der Waals surface area contributed by atoms with Crippen LogP contribution in [0.4, 0.5) is 10.9 Å². The van der Waals surface area contributed by atoms with E-state index in [4.69, 9.17) is 5.73 Å². The van der Waals surface area contributed by atoms with Crippen molar-refractivity contribution in [1.82, 2.24) is 19.9 Å². The zero-order valence-electron chi connectivity index (χ0n) is 15.0. The van der Waals surface area contributed by atoms with Gasteiger partial charge in [-0.2, -0.15) is 4.98 Å². The predicted octanol–water partition coefficient (Wildman–Crippen LogP) is 3.54. The number of piperidine rings is 1. The molecule has 3 N–H and O–H groups in total. The number of rotatable bonds is 5. The van der Waals surface area contributed by atoms with E-state index in [1.807, 2.05) is 12.1 Å². The summed E-state index contributed by atoms with van der Waals surface area (Å²) in [7, 11) is 0. The van der Waals surface area contributed by atoms with E-state index in [9.17, 15) is 0 Å². The molecule has 1 aliphatic heterocycles. The molecule has 136 valence electrons. The van der Waals surface area contributed by atoms with Crippen LogP contribution in [0, 0.1) is 6.92 Å². The first-order chi connectivity index (χ1) is 12.7. The van der Waals surface area contributed by atoms with Gasteiger partial charge in [-0.3, -0.25) is 0 Å². The Labute approximate surface area is 157 Å². The van der Waals surface area contributed by atoms with E-state index < -0.39 is 0 Å². The molecule has 0 saturated carbocycles. The van der Waals surface area contributed by atoms with Gasteiger partial charge in [0.2, 0.25) is 0 Å². The minimum Gasteiger partial charge on any atom is -0.382 e. The van der Waals surface area contributed by atoms with Crippen LogP contribution in [0.3, 0.4) is 0 Å². The van der Waals surface area contributed by atoms with E-state index in [1.165, 1.54) is 49.3 Å². The largest absolute Gasteiger partial charge is 0.382 e. The van der Waals surface area contributed by atoms with Crippen molar-refractivity contribution in [3.05, 3.63) is 29.8 Å². The maximum absolute atomic E-state index is 6.17. The number of aryl methyl sites for hydroxylation is 1. The van der Waals surface area contributed by atoms with Gasteiger partial charge < -0.3 is 16.0 Å². The molecule has 1 fully saturated rings. The monoisotopic (exact) mass is 368 g/mol. The summed E-state index contributed by atoms with van der Waals surface area (Å²) in [4.78, 5) is 16.2. The number of thiazole rings is 1. The number of nitrogens with zero attached hydrogens (tertiary/aromatic N) is 4. The zero-order valence-corrected chi connectivity index (χ0v) is 15.9. The Morgan fingerprint density at radius 3 is 2.81 bits per heavy atom. The lowest BCUT2D eigenvalue weighted by atomic mass is 10.1. The summed E-state index contributed by atoms with van der Waals surface area (Å²) in [5.41, 5.74) is 8.97. The third-order valence-corrected chi connectivity index (χ3v) is 5.73. The lowest BCUT2D eigenvalue weighted by Gasteiger charge is -2.26. The second kappa shape index (κ2) is 7.55. The highest BCUT2D eigenvalue weighted by Gasteiger charge is 2.14. The zero-order chi connectivity index (χ0) is 17.9. The number of fused-ring (bicyclic) bond motifs is 1. The molecule has 1 aromatic carbocycles. The quantitative estimate of drug-likeness (QED) is 0.717. The molecule has 0 amide bonds. The molecule has 1 saturated heterocycles. The Kier molecular flexibility index (Phi) is 4.99. The number of likely N-dealkylation sites (tertiary alicyclic amines) is 1. The minimum absolute atomic E-state index is 0.494. The molecule has 0 bridgehead atoms. The van der Waals surface area contributed by atoms with Gasteiger partial charge in [0, 0.05) is 18.7 Å². The van der Waals surface area contributed by atoms with Gasteiger partial charge in [-0.1, -0.05) is 41.5 Å². The van der Waals surface area contributed by atoms with E-state index in [-0.39, 0.29) is 0 Å². The third-order valence-electron chi connectivity index (χ3n) is 4.71. The number of hydrogen-bond acceptors (Lipinski definition) is 7. The van der Waals surface area contributed by atoms with Crippen molar-refractivity contribution >= 4 is 32.6 Å². The van der Waals surface area contributed by atoms with Crippen LogP contribution >= 0.6 is 11.3 Å². The summed E-state index contributed by atoms with van der Waals surface area (Å²) in [6.45, 7) is 6.40. The summed E-state index contributed by atoms with van der Waals surface area (Å²) in [5, 5.41) is 4.28. The highest BCUT2D eigenvalue weighted by molar-refractivity contribution is 7.22. The molecule has 6 nitrogen and oxygen atoms in total. The SMILES string of the molecule is Cc1cccc(-c2nc(N)c3sc(NCCN4CCCCC4)nc3n2)c1. The van der Waals surface area contributed by atoms with Crippen LogP contribution in [0.2, 0.25) is 0 Å². The van der Waals surface area contributed by atoms with Crippen LogP contribution in [0.1, 0.15) is 24.8 Å². The van der Waals surface area contributed by atoms with Gasteiger partial charge in [0.05, 0.1) is 0 Å². The Hall–Kier alpha value is -2.25. The fourth-order valence-electron chi connectivity index (χ4n) is 3.34. The second-order valence-electron chi connectivity index (χ2n) is 6.80. The van der Waals surface area contributed by atoms with E-state index in [1.54, 1.807) is 0 Å². The number of benzene rings is 1. The fraction of sp³-hybridized carbons (Fsp3) is 0.421. The Morgan fingerprint density at radius 2 is 2.00 bits per heavy atom. The van der Waals surface area contributed by atoms with E-state index in [0.29, 0.717) is 17.3 Å². The van der Waals surface area contributed by atoms with Gasteiger partial charge in [0.25, 0.3) is 0 Å². The Balaban J connectivity index is 1.50. The molecular weight excluding hydrogens is 344 g/mol. The third kappa shape index (κ3) is 3.78. The average molecular weight is 369 g/mol. The standard InChI is InChI=1S/C19H24N6S/c1-13-6-5-7-14(12-13)17-22-16(20)15-18(23-17)24-19(26-15)21-8-11-25-9-3-2-4-10-25/h5-7,12H,2-4,8-11H2,1H3,(H3,20,21,22,23,24). The summed E-state index contributed by atoms with van der Waals surface area (Å²) in [5.74, 6) is 1.12. The number of nitrogens with one attached hydrogen (secondary N) is 1. The van der Waals surface area contributed by atoms with Gasteiger partial charge in [-0.25, -0.2) is 9.97 Å². The van der Waals surface area contributed by atoms with Crippen molar-refractivity contribution in [3.63, 3.8) is 0 Å². The van der Waals surface area contributed by atoms with Crippen molar-refractivity contribution in [1.29, 1.82) is 0 Å². The van der Waals surface area contributed by atoms with Crippen molar-refractivity contribution in [3.8, 4) is 11.4 Å². The van der Waals surface area contributed by atoms with E-state index in [2.05, 4.69) is 44.2 Å². The molecule has 0 unspecified atom stereocenters. The van der Waals surface area contributed by atoms with Gasteiger partial charge in [0.1, 0.15) is 10.5 Å². The molecule has 0 aliphatic carbocycles. The number of anilines is 2. The highest BCUT2D eigenvalue weighted by Crippen LogP contribution is 2.30. The first-order valence-electron chi connectivity index (χ1n) is 9.16. The summed E-state index contributed by atoms with van der Waals surface area (Å²) < 4.78 is 0.849. The number of aromatic nitrogens is 3. The number of nitrogens with two attached hydrogens (primary N) is 1. The second-order valence-corrected chi connectivity index (χ2v) is 7.80. The van der Waals surface area contributed by atoms with Crippen LogP contribution in [0.25, 0.3) is 21.7 Å². The first kappa shape index (κ1) is 17.2. The van der Waals surface area contributed by atoms with Crippen molar-refractivity contribution in [2.75, 3.05) is 37.2 Å². The molecular formula is C19H24N6S. The number of hydrogen-bond donors (Lipinski definition) is 2. The van der Waals surface area contributed by atoms with Gasteiger partial charge in [0.15, 0.2) is 16.6 Å².